The minimum Gasteiger partial charge on any atom is -0.483 e. The Kier molecular flexibility index (Phi) is 8.81. The van der Waals surface area contributed by atoms with Crippen molar-refractivity contribution in [3.05, 3.63) is 90.3 Å². The van der Waals surface area contributed by atoms with Crippen molar-refractivity contribution in [2.75, 3.05) is 16.4 Å². The molecule has 0 radical (unpaired) electrons. The monoisotopic (exact) mass is 529 g/mol. The van der Waals surface area contributed by atoms with Crippen molar-refractivity contribution < 1.29 is 14.3 Å². The Balaban J connectivity index is 1.47. The van der Waals surface area contributed by atoms with Crippen LogP contribution in [0.3, 0.4) is 0 Å². The summed E-state index contributed by atoms with van der Waals surface area (Å²) in [6.45, 7) is 7.70. The summed E-state index contributed by atoms with van der Waals surface area (Å²) in [5, 5.41) is 15.0. The zero-order valence-electron chi connectivity index (χ0n) is 21.8. The molecule has 0 aliphatic heterocycles. The van der Waals surface area contributed by atoms with Gasteiger partial charge in [0.1, 0.15) is 5.75 Å². The van der Waals surface area contributed by atoms with E-state index in [1.54, 1.807) is 24.3 Å². The van der Waals surface area contributed by atoms with Crippen LogP contribution in [0.1, 0.15) is 51.1 Å². The van der Waals surface area contributed by atoms with E-state index in [1.165, 1.54) is 24.2 Å². The molecule has 0 fully saturated rings. The number of thioether (sulfide) groups is 1. The Bertz CT molecular complexity index is 1370. The van der Waals surface area contributed by atoms with Crippen LogP contribution in [0.2, 0.25) is 0 Å². The highest BCUT2D eigenvalue weighted by molar-refractivity contribution is 7.99. The van der Waals surface area contributed by atoms with Crippen molar-refractivity contribution >= 4 is 35.0 Å². The lowest BCUT2D eigenvalue weighted by atomic mass is 10.0. The number of nitrogens with one attached hydrogen (secondary N) is 2. The maximum Gasteiger partial charge on any atom is 0.234 e. The SMILES string of the molecule is CC(=O)Nc1ccc(NC(=O)CSc2nnc(C(C)Oc3ccc(C(C)C)cc3)n2-c2ccccc2)cc1. The van der Waals surface area contributed by atoms with Gasteiger partial charge in [0.05, 0.1) is 5.75 Å². The fraction of sp³-hybridized carbons (Fsp3) is 0.241. The summed E-state index contributed by atoms with van der Waals surface area (Å²) in [5.74, 6) is 1.65. The number of ether oxygens (including phenoxy) is 1. The lowest BCUT2D eigenvalue weighted by molar-refractivity contribution is -0.114. The van der Waals surface area contributed by atoms with Crippen molar-refractivity contribution in [3.8, 4) is 11.4 Å². The quantitative estimate of drug-likeness (QED) is 0.237. The number of benzene rings is 3. The van der Waals surface area contributed by atoms with Gasteiger partial charge in [-0.25, -0.2) is 0 Å². The molecule has 0 saturated carbocycles. The van der Waals surface area contributed by atoms with Crippen LogP contribution in [0.15, 0.2) is 84.0 Å². The number of para-hydroxylation sites is 1. The minimum absolute atomic E-state index is 0.143. The molecule has 1 heterocycles. The van der Waals surface area contributed by atoms with Crippen molar-refractivity contribution in [2.24, 2.45) is 0 Å². The molecule has 0 bridgehead atoms. The first-order valence-electron chi connectivity index (χ1n) is 12.4. The van der Waals surface area contributed by atoms with E-state index in [9.17, 15) is 9.59 Å². The maximum absolute atomic E-state index is 12.7. The molecular formula is C29H31N5O3S. The summed E-state index contributed by atoms with van der Waals surface area (Å²) >= 11 is 1.30. The van der Waals surface area contributed by atoms with Crippen molar-refractivity contribution in [2.45, 2.75) is 44.9 Å². The van der Waals surface area contributed by atoms with Gasteiger partial charge < -0.3 is 15.4 Å². The summed E-state index contributed by atoms with van der Waals surface area (Å²) < 4.78 is 8.13. The van der Waals surface area contributed by atoms with Gasteiger partial charge in [-0.15, -0.1) is 10.2 Å². The van der Waals surface area contributed by atoms with Crippen LogP contribution >= 0.6 is 11.8 Å². The van der Waals surface area contributed by atoms with Crippen molar-refractivity contribution in [1.82, 2.24) is 14.8 Å². The van der Waals surface area contributed by atoms with Gasteiger partial charge in [-0.2, -0.15) is 0 Å². The zero-order chi connectivity index (χ0) is 27.1. The van der Waals surface area contributed by atoms with Crippen LogP contribution in [0.4, 0.5) is 11.4 Å². The van der Waals surface area contributed by atoms with E-state index in [4.69, 9.17) is 4.74 Å². The Hall–Kier alpha value is -4.11. The highest BCUT2D eigenvalue weighted by atomic mass is 32.2. The van der Waals surface area contributed by atoms with Gasteiger partial charge in [0, 0.05) is 24.0 Å². The molecule has 9 heteroatoms. The fourth-order valence-electron chi connectivity index (χ4n) is 3.81. The molecule has 0 saturated heterocycles. The number of amides is 2. The predicted molar refractivity (Wildman–Crippen MR) is 151 cm³/mol. The molecule has 1 unspecified atom stereocenters. The standard InChI is InChI=1S/C29H31N5O3S/c1-19(2)22-10-16-26(17-11-22)37-20(3)28-32-33-29(34(28)25-8-6-5-7-9-25)38-18-27(36)31-24-14-12-23(13-15-24)30-21(4)35/h5-17,19-20H,18H2,1-4H3,(H,30,35)(H,31,36). The van der Waals surface area contributed by atoms with Gasteiger partial charge in [-0.05, 0) is 66.9 Å². The van der Waals surface area contributed by atoms with E-state index < -0.39 is 0 Å². The zero-order valence-corrected chi connectivity index (χ0v) is 22.7. The summed E-state index contributed by atoms with van der Waals surface area (Å²) in [6.07, 6.45) is -0.377. The first kappa shape index (κ1) is 26.9. The summed E-state index contributed by atoms with van der Waals surface area (Å²) in [6, 6.07) is 24.8. The molecule has 4 aromatic rings. The molecule has 38 heavy (non-hydrogen) atoms. The van der Waals surface area contributed by atoms with Gasteiger partial charge in [0.2, 0.25) is 11.8 Å². The highest BCUT2D eigenvalue weighted by Crippen LogP contribution is 2.29. The molecule has 1 aromatic heterocycles. The average molecular weight is 530 g/mol. The number of hydrogen-bond donors (Lipinski definition) is 2. The van der Waals surface area contributed by atoms with E-state index in [0.717, 1.165) is 11.4 Å². The summed E-state index contributed by atoms with van der Waals surface area (Å²) in [7, 11) is 0. The van der Waals surface area contributed by atoms with Crippen molar-refractivity contribution in [3.63, 3.8) is 0 Å². The van der Waals surface area contributed by atoms with E-state index in [0.29, 0.717) is 28.3 Å². The number of aromatic nitrogens is 3. The van der Waals surface area contributed by atoms with Crippen LogP contribution in [-0.4, -0.2) is 32.3 Å². The third-order valence-electron chi connectivity index (χ3n) is 5.72. The van der Waals surface area contributed by atoms with Gasteiger partial charge in [-0.1, -0.05) is 55.9 Å². The van der Waals surface area contributed by atoms with E-state index >= 15 is 0 Å². The van der Waals surface area contributed by atoms with Gasteiger partial charge in [0.15, 0.2) is 17.1 Å². The van der Waals surface area contributed by atoms with Gasteiger partial charge in [0.25, 0.3) is 0 Å². The number of anilines is 2. The van der Waals surface area contributed by atoms with E-state index in [1.807, 2.05) is 54.0 Å². The highest BCUT2D eigenvalue weighted by Gasteiger charge is 2.22. The lowest BCUT2D eigenvalue weighted by Crippen LogP contribution is -2.15. The normalized spacial score (nSPS) is 11.7. The molecule has 2 amide bonds. The van der Waals surface area contributed by atoms with Crippen LogP contribution in [-0.2, 0) is 9.59 Å². The number of rotatable bonds is 10. The molecule has 3 aromatic carbocycles. The number of hydrogen-bond acceptors (Lipinski definition) is 6. The maximum atomic E-state index is 12.7. The van der Waals surface area contributed by atoms with Gasteiger partial charge >= 0.3 is 0 Å². The predicted octanol–water partition coefficient (Wildman–Crippen LogP) is 6.22. The lowest BCUT2D eigenvalue weighted by Gasteiger charge is -2.17. The third-order valence-corrected chi connectivity index (χ3v) is 6.65. The smallest absolute Gasteiger partial charge is 0.234 e. The molecule has 2 N–H and O–H groups in total. The van der Waals surface area contributed by atoms with Crippen LogP contribution < -0.4 is 15.4 Å². The molecule has 8 nitrogen and oxygen atoms in total. The Labute approximate surface area is 226 Å². The molecular weight excluding hydrogens is 498 g/mol. The number of carbonyl (C=O) groups is 2. The second-order valence-corrected chi connectivity index (χ2v) is 10.0. The second kappa shape index (κ2) is 12.4. The number of nitrogens with zero attached hydrogens (tertiary/aromatic N) is 3. The summed E-state index contributed by atoms with van der Waals surface area (Å²) in [4.78, 5) is 23.9. The van der Waals surface area contributed by atoms with Crippen LogP contribution in [0, 0.1) is 0 Å². The first-order valence-corrected chi connectivity index (χ1v) is 13.4. The molecule has 196 valence electrons. The molecule has 0 aliphatic carbocycles. The molecule has 0 spiro atoms. The third kappa shape index (κ3) is 7.01. The Morgan fingerprint density at radius 1 is 0.868 bits per heavy atom. The Morgan fingerprint density at radius 2 is 1.50 bits per heavy atom. The number of carbonyl (C=O) groups excluding carboxylic acids is 2. The van der Waals surface area contributed by atoms with Crippen molar-refractivity contribution in [1.29, 1.82) is 0 Å². The molecule has 0 aliphatic rings. The van der Waals surface area contributed by atoms with E-state index in [2.05, 4.69) is 46.8 Å². The van der Waals surface area contributed by atoms with Gasteiger partial charge in [-0.3, -0.25) is 14.2 Å². The summed E-state index contributed by atoms with van der Waals surface area (Å²) in [5.41, 5.74) is 3.44. The minimum atomic E-state index is -0.377. The second-order valence-electron chi connectivity index (χ2n) is 9.09. The molecule has 4 rings (SSSR count). The van der Waals surface area contributed by atoms with Crippen LogP contribution in [0.5, 0.6) is 5.75 Å². The topological polar surface area (TPSA) is 98.1 Å². The van der Waals surface area contributed by atoms with E-state index in [-0.39, 0.29) is 23.7 Å². The fourth-order valence-corrected chi connectivity index (χ4v) is 4.57. The first-order chi connectivity index (χ1) is 18.3. The molecule has 1 atom stereocenters. The van der Waals surface area contributed by atoms with Crippen LogP contribution in [0.25, 0.3) is 5.69 Å². The Morgan fingerprint density at radius 3 is 2.11 bits per heavy atom. The largest absolute Gasteiger partial charge is 0.483 e. The average Bonchev–Trinajstić information content (AvgIpc) is 3.33.